The van der Waals surface area contributed by atoms with Crippen LogP contribution in [-0.2, 0) is 26.5 Å². The summed E-state index contributed by atoms with van der Waals surface area (Å²) in [5.74, 6) is 0.515. The number of carbonyl (C=O) groups excluding carboxylic acids is 2. The summed E-state index contributed by atoms with van der Waals surface area (Å²) in [6.45, 7) is 7.12. The molecule has 0 unspecified atom stereocenters. The minimum absolute atomic E-state index is 0.0207. The molecule has 1 spiro atoms. The second kappa shape index (κ2) is 13.0. The van der Waals surface area contributed by atoms with Crippen molar-refractivity contribution in [2.75, 3.05) is 23.6 Å². The van der Waals surface area contributed by atoms with E-state index in [1.807, 2.05) is 95.9 Å². The van der Waals surface area contributed by atoms with Crippen molar-refractivity contribution >= 4 is 42.2 Å². The van der Waals surface area contributed by atoms with E-state index >= 15 is 0 Å². The van der Waals surface area contributed by atoms with Crippen molar-refractivity contribution in [3.05, 3.63) is 120 Å². The van der Waals surface area contributed by atoms with Gasteiger partial charge in [-0.1, -0.05) is 98.0 Å². The highest BCUT2D eigenvalue weighted by Crippen LogP contribution is 2.60. The molecule has 4 atom stereocenters. The van der Waals surface area contributed by atoms with Gasteiger partial charge in [0.05, 0.1) is 44.9 Å². The summed E-state index contributed by atoms with van der Waals surface area (Å²) in [5.41, 5.74) is 4.02. The maximum Gasteiger partial charge on any atom is 0.264 e. The third-order valence-electron chi connectivity index (χ3n) is 10.8. The SMILES string of the molecule is COc1ccc([Si](C)(C)[C@@H]2[C@@H](CCO)O[C@]3(C(=O)N(Cc4cccc(N5N=C(c6ccccc6)CCC5=O)c4)c4ccccc43)[C@H]2C)cc1. The highest BCUT2D eigenvalue weighted by Gasteiger charge is 2.66. The van der Waals surface area contributed by atoms with E-state index < -0.39 is 13.7 Å². The van der Waals surface area contributed by atoms with Crippen molar-refractivity contribution in [2.24, 2.45) is 11.0 Å². The van der Waals surface area contributed by atoms with Crippen molar-refractivity contribution in [1.29, 1.82) is 0 Å². The van der Waals surface area contributed by atoms with Crippen LogP contribution < -0.4 is 19.8 Å². The van der Waals surface area contributed by atoms with Crippen LogP contribution in [0.2, 0.25) is 18.6 Å². The molecule has 4 aromatic rings. The van der Waals surface area contributed by atoms with Gasteiger partial charge in [-0.25, -0.2) is 5.01 Å². The van der Waals surface area contributed by atoms with Gasteiger partial charge in [0.15, 0.2) is 5.60 Å². The number of nitrogens with zero attached hydrogens (tertiary/aromatic N) is 3. The van der Waals surface area contributed by atoms with E-state index in [2.05, 4.69) is 32.2 Å². The molecule has 0 saturated carbocycles. The fourth-order valence-electron chi connectivity index (χ4n) is 8.38. The summed E-state index contributed by atoms with van der Waals surface area (Å²) >= 11 is 0. The molecule has 9 heteroatoms. The van der Waals surface area contributed by atoms with Crippen molar-refractivity contribution in [2.45, 2.75) is 63.1 Å². The zero-order valence-corrected chi connectivity index (χ0v) is 29.5. The van der Waals surface area contributed by atoms with Crippen molar-refractivity contribution in [1.82, 2.24) is 0 Å². The Morgan fingerprint density at radius 3 is 2.41 bits per heavy atom. The van der Waals surface area contributed by atoms with Gasteiger partial charge < -0.3 is 19.5 Å². The Hall–Kier alpha value is -4.57. The summed E-state index contributed by atoms with van der Waals surface area (Å²) in [4.78, 5) is 29.9. The average molecular weight is 674 g/mol. The minimum atomic E-state index is -2.26. The number of aliphatic hydroxyl groups excluding tert-OH is 1. The topological polar surface area (TPSA) is 91.7 Å². The predicted octanol–water partition coefficient (Wildman–Crippen LogP) is 6.37. The lowest BCUT2D eigenvalue weighted by Crippen LogP contribution is -2.51. The standard InChI is InChI=1S/C40H43N3O5Si/c1-27-38(49(3,4)32-19-17-31(47-2)18-20-32)36(23-24-44)48-40(27)33-15-8-9-16-35(33)42(39(40)46)26-28-11-10-14-30(25-28)43-37(45)22-21-34(41-43)29-12-6-5-7-13-29/h5-20,25,27,36,38,44H,21-24,26H2,1-4H3/t27-,36+,38-,40+/m0/s1. The first-order chi connectivity index (χ1) is 23.7. The number of hydrogen-bond acceptors (Lipinski definition) is 6. The molecule has 7 rings (SSSR count). The van der Waals surface area contributed by atoms with Crippen LogP contribution in [0, 0.1) is 5.92 Å². The van der Waals surface area contributed by atoms with E-state index in [-0.39, 0.29) is 36.0 Å². The van der Waals surface area contributed by atoms with Crippen molar-refractivity contribution in [3.8, 4) is 5.75 Å². The molecule has 0 bridgehead atoms. The quantitative estimate of drug-likeness (QED) is 0.209. The second-order valence-corrected chi connectivity index (χ2v) is 18.6. The van der Waals surface area contributed by atoms with Crippen LogP contribution in [0.3, 0.4) is 0 Å². The number of benzene rings is 4. The predicted molar refractivity (Wildman–Crippen MR) is 195 cm³/mol. The molecule has 1 N–H and O–H groups in total. The van der Waals surface area contributed by atoms with Gasteiger partial charge in [-0.3, -0.25) is 9.59 Å². The van der Waals surface area contributed by atoms with Crippen molar-refractivity contribution in [3.63, 3.8) is 0 Å². The van der Waals surface area contributed by atoms with Gasteiger partial charge in [0.1, 0.15) is 5.75 Å². The number of carbonyl (C=O) groups is 2. The van der Waals surface area contributed by atoms with Crippen LogP contribution in [0.4, 0.5) is 11.4 Å². The Kier molecular flexibility index (Phi) is 8.77. The maximum absolute atomic E-state index is 14.9. The number of aliphatic hydroxyl groups is 1. The molecule has 0 radical (unpaired) electrons. The smallest absolute Gasteiger partial charge is 0.264 e. The minimum Gasteiger partial charge on any atom is -0.497 e. The molecule has 3 aliphatic heterocycles. The summed E-state index contributed by atoms with van der Waals surface area (Å²) in [7, 11) is -0.596. The maximum atomic E-state index is 14.9. The molecule has 252 valence electrons. The number of methoxy groups -OCH3 is 1. The van der Waals surface area contributed by atoms with E-state index in [0.29, 0.717) is 31.5 Å². The number of hydrogen-bond donors (Lipinski definition) is 1. The number of ether oxygens (including phenoxy) is 2. The van der Waals surface area contributed by atoms with E-state index in [9.17, 15) is 14.7 Å². The molecule has 8 nitrogen and oxygen atoms in total. The highest BCUT2D eigenvalue weighted by molar-refractivity contribution is 6.91. The summed E-state index contributed by atoms with van der Waals surface area (Å²) in [6, 6.07) is 33.9. The Balaban J connectivity index is 1.22. The lowest BCUT2D eigenvalue weighted by atomic mass is 9.82. The first-order valence-electron chi connectivity index (χ1n) is 17.1. The Bertz CT molecular complexity index is 1900. The number of amides is 2. The van der Waals surface area contributed by atoms with Crippen molar-refractivity contribution < 1.29 is 24.2 Å². The molecule has 1 saturated heterocycles. The first kappa shape index (κ1) is 32.9. The molecule has 0 aromatic heterocycles. The van der Waals surface area contributed by atoms with E-state index in [1.165, 1.54) is 10.2 Å². The van der Waals surface area contributed by atoms with E-state index in [4.69, 9.17) is 14.6 Å². The Morgan fingerprint density at radius 2 is 1.67 bits per heavy atom. The zero-order chi connectivity index (χ0) is 34.3. The largest absolute Gasteiger partial charge is 0.497 e. The number of fused-ring (bicyclic) bond motifs is 2. The molecular weight excluding hydrogens is 631 g/mol. The summed E-state index contributed by atoms with van der Waals surface area (Å²) in [6.07, 6.45) is 1.14. The van der Waals surface area contributed by atoms with Crippen LogP contribution in [-0.4, -0.2) is 50.5 Å². The van der Waals surface area contributed by atoms with Gasteiger partial charge in [-0.15, -0.1) is 0 Å². The molecular formula is C40H43N3O5Si. The molecule has 1 fully saturated rings. The summed E-state index contributed by atoms with van der Waals surface area (Å²) in [5, 5.41) is 17.7. The van der Waals surface area contributed by atoms with Gasteiger partial charge in [0.2, 0.25) is 5.91 Å². The first-order valence-corrected chi connectivity index (χ1v) is 20.2. The molecule has 3 aliphatic rings. The van der Waals surface area contributed by atoms with Gasteiger partial charge in [0.25, 0.3) is 5.91 Å². The van der Waals surface area contributed by atoms with Crippen LogP contribution in [0.25, 0.3) is 0 Å². The summed E-state index contributed by atoms with van der Waals surface area (Å²) < 4.78 is 12.4. The molecule has 4 aromatic carbocycles. The third-order valence-corrected chi connectivity index (χ3v) is 15.2. The van der Waals surface area contributed by atoms with Gasteiger partial charge >= 0.3 is 0 Å². The third kappa shape index (κ3) is 5.59. The molecule has 2 amide bonds. The fourth-order valence-corrected chi connectivity index (χ4v) is 12.4. The lowest BCUT2D eigenvalue weighted by molar-refractivity contribution is -0.146. The number of rotatable bonds is 9. The molecule has 3 heterocycles. The Labute approximate surface area is 289 Å². The van der Waals surface area contributed by atoms with E-state index in [1.54, 1.807) is 7.11 Å². The van der Waals surface area contributed by atoms with Crippen LogP contribution in [0.1, 0.15) is 42.9 Å². The van der Waals surface area contributed by atoms with Gasteiger partial charge in [-0.05, 0) is 53.4 Å². The Morgan fingerprint density at radius 1 is 0.939 bits per heavy atom. The van der Waals surface area contributed by atoms with Gasteiger partial charge in [-0.2, -0.15) is 5.10 Å². The highest BCUT2D eigenvalue weighted by atomic mass is 28.3. The van der Waals surface area contributed by atoms with Crippen LogP contribution in [0.15, 0.2) is 108 Å². The second-order valence-electron chi connectivity index (χ2n) is 13.9. The van der Waals surface area contributed by atoms with Crippen LogP contribution in [0.5, 0.6) is 5.75 Å². The fraction of sp³-hybridized carbons (Fsp3) is 0.325. The number of anilines is 2. The molecule has 0 aliphatic carbocycles. The number of para-hydroxylation sites is 1. The number of hydrazone groups is 1. The monoisotopic (exact) mass is 673 g/mol. The normalized spacial score (nSPS) is 23.6. The van der Waals surface area contributed by atoms with Gasteiger partial charge in [0, 0.05) is 30.9 Å². The van der Waals surface area contributed by atoms with Crippen LogP contribution >= 0.6 is 0 Å². The average Bonchev–Trinajstić information content (AvgIpc) is 3.55. The van der Waals surface area contributed by atoms with E-state index in [0.717, 1.165) is 33.8 Å². The zero-order valence-electron chi connectivity index (χ0n) is 28.5. The lowest BCUT2D eigenvalue weighted by Gasteiger charge is -2.37. The molecule has 49 heavy (non-hydrogen) atoms.